The van der Waals surface area contributed by atoms with E-state index >= 15 is 0 Å². The van der Waals surface area contributed by atoms with Crippen molar-refractivity contribution in [2.24, 2.45) is 5.29 Å². The Morgan fingerprint density at radius 3 is 2.91 bits per heavy atom. The molecule has 1 heterocycles. The maximum atomic E-state index is 10.5. The van der Waals surface area contributed by atoms with E-state index in [0.717, 1.165) is 10.8 Å². The first-order chi connectivity index (χ1) is 5.25. The highest BCUT2D eigenvalue weighted by Gasteiger charge is 2.28. The topological polar surface area (TPSA) is 70.0 Å². The Bertz CT molecular complexity index is 175. The van der Waals surface area contributed by atoms with Crippen molar-refractivity contribution in [2.75, 3.05) is 18.1 Å². The normalized spacial score (nSPS) is 24.7. The summed E-state index contributed by atoms with van der Waals surface area (Å²) in [5, 5.41) is 12.3. The maximum absolute atomic E-state index is 10.5. The van der Waals surface area contributed by atoms with Crippen LogP contribution in [0, 0.1) is 4.91 Å². The summed E-state index contributed by atoms with van der Waals surface area (Å²) in [6, 6.07) is -0.730. The molecule has 0 radical (unpaired) electrons. The number of carbonyl (C=O) groups is 1. The Morgan fingerprint density at radius 2 is 2.45 bits per heavy atom. The van der Waals surface area contributed by atoms with Crippen LogP contribution in [0.3, 0.4) is 0 Å². The zero-order valence-electron chi connectivity index (χ0n) is 5.77. The number of carboxylic acids is 1. The fourth-order valence-corrected chi connectivity index (χ4v) is 1.91. The summed E-state index contributed by atoms with van der Waals surface area (Å²) in [7, 11) is 0. The van der Waals surface area contributed by atoms with Crippen LogP contribution in [0.5, 0.6) is 0 Å². The van der Waals surface area contributed by atoms with E-state index in [1.54, 1.807) is 0 Å². The SMILES string of the molecule is O=NN1CCSC[C@H]1C(=O)O. The monoisotopic (exact) mass is 176 g/mol. The van der Waals surface area contributed by atoms with Gasteiger partial charge in [0.15, 0.2) is 6.04 Å². The van der Waals surface area contributed by atoms with Gasteiger partial charge in [0.1, 0.15) is 0 Å². The Balaban J connectivity index is 2.58. The number of thioether (sulfide) groups is 1. The molecule has 0 aliphatic carbocycles. The van der Waals surface area contributed by atoms with Gasteiger partial charge in [-0.2, -0.15) is 11.8 Å². The lowest BCUT2D eigenvalue weighted by Crippen LogP contribution is -2.43. The minimum atomic E-state index is -0.975. The third-order valence-electron chi connectivity index (χ3n) is 1.49. The summed E-state index contributed by atoms with van der Waals surface area (Å²) in [4.78, 5) is 20.5. The number of nitroso groups, excluding NO2 is 1. The highest BCUT2D eigenvalue weighted by molar-refractivity contribution is 7.99. The molecule has 0 aromatic heterocycles. The summed E-state index contributed by atoms with van der Waals surface area (Å²) >= 11 is 1.53. The van der Waals surface area contributed by atoms with Crippen molar-refractivity contribution in [1.82, 2.24) is 5.01 Å². The molecule has 0 unspecified atom stereocenters. The van der Waals surface area contributed by atoms with E-state index in [2.05, 4.69) is 5.29 Å². The van der Waals surface area contributed by atoms with Crippen LogP contribution in [-0.2, 0) is 4.79 Å². The van der Waals surface area contributed by atoms with Crippen molar-refractivity contribution in [3.63, 3.8) is 0 Å². The molecule has 0 spiro atoms. The van der Waals surface area contributed by atoms with Gasteiger partial charge < -0.3 is 5.11 Å². The van der Waals surface area contributed by atoms with Gasteiger partial charge >= 0.3 is 5.97 Å². The van der Waals surface area contributed by atoms with Crippen LogP contribution in [0.15, 0.2) is 5.29 Å². The lowest BCUT2D eigenvalue weighted by atomic mass is 10.3. The molecule has 1 saturated heterocycles. The fraction of sp³-hybridized carbons (Fsp3) is 0.800. The third-order valence-corrected chi connectivity index (χ3v) is 2.51. The third kappa shape index (κ3) is 1.83. The molecular formula is C5H8N2O3S. The first-order valence-electron chi connectivity index (χ1n) is 3.16. The van der Waals surface area contributed by atoms with Crippen LogP contribution in [0.1, 0.15) is 0 Å². The van der Waals surface area contributed by atoms with Crippen LogP contribution in [0.4, 0.5) is 0 Å². The first-order valence-corrected chi connectivity index (χ1v) is 4.31. The zero-order chi connectivity index (χ0) is 8.27. The average Bonchev–Trinajstić information content (AvgIpc) is 2.04. The molecule has 0 amide bonds. The molecule has 5 nitrogen and oxygen atoms in total. The van der Waals surface area contributed by atoms with Crippen molar-refractivity contribution >= 4 is 17.7 Å². The second kappa shape index (κ2) is 3.56. The molecule has 1 aliphatic heterocycles. The molecule has 0 aromatic carbocycles. The molecule has 1 N–H and O–H groups in total. The predicted octanol–water partition coefficient (Wildman–Crippen LogP) is 0.170. The van der Waals surface area contributed by atoms with Gasteiger partial charge in [0.25, 0.3) is 0 Å². The molecule has 1 aliphatic rings. The van der Waals surface area contributed by atoms with Crippen molar-refractivity contribution in [1.29, 1.82) is 0 Å². The van der Waals surface area contributed by atoms with Crippen molar-refractivity contribution in [2.45, 2.75) is 6.04 Å². The van der Waals surface area contributed by atoms with E-state index in [1.807, 2.05) is 0 Å². The molecule has 0 bridgehead atoms. The smallest absolute Gasteiger partial charge is 0.329 e. The van der Waals surface area contributed by atoms with E-state index in [0.29, 0.717) is 12.3 Å². The number of nitrogens with zero attached hydrogens (tertiary/aromatic N) is 2. The Morgan fingerprint density at radius 1 is 1.73 bits per heavy atom. The molecule has 1 rings (SSSR count). The van der Waals surface area contributed by atoms with E-state index in [1.165, 1.54) is 11.8 Å². The van der Waals surface area contributed by atoms with E-state index in [-0.39, 0.29) is 0 Å². The molecule has 62 valence electrons. The molecular weight excluding hydrogens is 168 g/mol. The highest BCUT2D eigenvalue weighted by Crippen LogP contribution is 2.16. The lowest BCUT2D eigenvalue weighted by molar-refractivity contribution is -0.142. The molecule has 1 fully saturated rings. The van der Waals surface area contributed by atoms with Crippen LogP contribution >= 0.6 is 11.8 Å². The summed E-state index contributed by atoms with van der Waals surface area (Å²) in [6.45, 7) is 0.436. The van der Waals surface area contributed by atoms with Gasteiger partial charge in [-0.3, -0.25) is 0 Å². The summed E-state index contributed by atoms with van der Waals surface area (Å²) in [6.07, 6.45) is 0. The molecule has 1 atom stereocenters. The Kier molecular flexibility index (Phi) is 2.70. The largest absolute Gasteiger partial charge is 0.480 e. The molecule has 11 heavy (non-hydrogen) atoms. The lowest BCUT2D eigenvalue weighted by Gasteiger charge is -2.26. The number of aliphatic carboxylic acids is 1. The van der Waals surface area contributed by atoms with Gasteiger partial charge in [-0.05, 0) is 0 Å². The molecule has 0 aromatic rings. The number of carboxylic acid groups (broad SMARTS) is 1. The van der Waals surface area contributed by atoms with Gasteiger partial charge in [-0.25, -0.2) is 9.80 Å². The van der Waals surface area contributed by atoms with Gasteiger partial charge in [-0.15, -0.1) is 4.91 Å². The highest BCUT2D eigenvalue weighted by atomic mass is 32.2. The minimum Gasteiger partial charge on any atom is -0.480 e. The standard InChI is InChI=1S/C5H8N2O3S/c8-5(9)4-3-11-2-1-7(4)6-10/h4H,1-3H2,(H,8,9)/t4-/m0/s1. The number of rotatable bonds is 2. The van der Waals surface area contributed by atoms with Gasteiger partial charge in [-0.1, -0.05) is 0 Å². The predicted molar refractivity (Wildman–Crippen MR) is 41.2 cm³/mol. The van der Waals surface area contributed by atoms with Gasteiger partial charge in [0, 0.05) is 18.1 Å². The quantitative estimate of drug-likeness (QED) is 0.607. The van der Waals surface area contributed by atoms with E-state index in [9.17, 15) is 9.70 Å². The molecule has 6 heteroatoms. The van der Waals surface area contributed by atoms with Gasteiger partial charge in [0.05, 0.1) is 5.29 Å². The maximum Gasteiger partial charge on any atom is 0.329 e. The summed E-state index contributed by atoms with van der Waals surface area (Å²) in [5.74, 6) is 0.244. The zero-order valence-corrected chi connectivity index (χ0v) is 6.58. The van der Waals surface area contributed by atoms with Crippen LogP contribution in [0.25, 0.3) is 0 Å². The Hall–Kier alpha value is -0.780. The second-order valence-electron chi connectivity index (χ2n) is 2.17. The van der Waals surface area contributed by atoms with Crippen molar-refractivity contribution in [3.05, 3.63) is 4.91 Å². The Labute approximate surface area is 67.7 Å². The summed E-state index contributed by atoms with van der Waals surface area (Å²) in [5.41, 5.74) is 0. The number of hydrogen-bond acceptors (Lipinski definition) is 4. The molecule has 0 saturated carbocycles. The van der Waals surface area contributed by atoms with Crippen molar-refractivity contribution < 1.29 is 9.90 Å². The van der Waals surface area contributed by atoms with Crippen molar-refractivity contribution in [3.8, 4) is 0 Å². The fourth-order valence-electron chi connectivity index (χ4n) is 0.891. The van der Waals surface area contributed by atoms with Gasteiger partial charge in [0.2, 0.25) is 0 Å². The van der Waals surface area contributed by atoms with E-state index in [4.69, 9.17) is 5.11 Å². The first kappa shape index (κ1) is 8.32. The van der Waals surface area contributed by atoms with Crippen LogP contribution < -0.4 is 0 Å². The minimum absolute atomic E-state index is 0.436. The second-order valence-corrected chi connectivity index (χ2v) is 3.32. The van der Waals surface area contributed by atoms with Crippen LogP contribution in [0.2, 0.25) is 0 Å². The summed E-state index contributed by atoms with van der Waals surface area (Å²) < 4.78 is 0. The average molecular weight is 176 g/mol. The number of hydrogen-bond donors (Lipinski definition) is 1. The van der Waals surface area contributed by atoms with E-state index < -0.39 is 12.0 Å². The van der Waals surface area contributed by atoms with Crippen LogP contribution in [-0.4, -0.2) is 40.2 Å².